The number of methoxy groups -OCH3 is 1. The molecule has 1 rings (SSSR count). The third kappa shape index (κ3) is 4.09. The van der Waals surface area contributed by atoms with Gasteiger partial charge < -0.3 is 10.1 Å². The highest BCUT2D eigenvalue weighted by molar-refractivity contribution is 6.20. The molecule has 1 amide bonds. The first kappa shape index (κ1) is 16.2. The summed E-state index contributed by atoms with van der Waals surface area (Å²) in [6, 6.07) is 4.23. The number of carbonyl (C=O) groups is 1. The molecule has 0 aliphatic heterocycles. The molecular formula is C13H17ClN2O4. The average molecular weight is 301 g/mol. The molecule has 0 bridgehead atoms. The lowest BCUT2D eigenvalue weighted by atomic mass is 10.1. The zero-order chi connectivity index (χ0) is 15.1. The molecule has 20 heavy (non-hydrogen) atoms. The lowest BCUT2D eigenvalue weighted by Gasteiger charge is -2.10. The predicted octanol–water partition coefficient (Wildman–Crippen LogP) is 2.74. The van der Waals surface area contributed by atoms with E-state index in [-0.39, 0.29) is 22.4 Å². The Morgan fingerprint density at radius 3 is 2.80 bits per heavy atom. The smallest absolute Gasteiger partial charge is 0.311 e. The highest BCUT2D eigenvalue weighted by Gasteiger charge is 2.22. The van der Waals surface area contributed by atoms with Gasteiger partial charge in [0, 0.05) is 18.0 Å². The molecule has 0 heterocycles. The molecule has 1 atom stereocenters. The maximum absolute atomic E-state index is 12.0. The Morgan fingerprint density at radius 1 is 1.55 bits per heavy atom. The molecule has 7 heteroatoms. The number of halogens is 1. The molecule has 0 fully saturated rings. The summed E-state index contributed by atoms with van der Waals surface area (Å²) < 4.78 is 4.98. The Labute approximate surface area is 122 Å². The summed E-state index contributed by atoms with van der Waals surface area (Å²) in [7, 11) is 1.30. The summed E-state index contributed by atoms with van der Waals surface area (Å²) in [6.07, 6.45) is 1.46. The zero-order valence-corrected chi connectivity index (χ0v) is 12.1. The van der Waals surface area contributed by atoms with Crippen LogP contribution in [0.3, 0.4) is 0 Å². The quantitative estimate of drug-likeness (QED) is 0.477. The minimum atomic E-state index is -0.582. The Balaban J connectivity index is 2.82. The number of para-hydroxylation sites is 1. The molecule has 1 aromatic rings. The largest absolute Gasteiger partial charge is 0.490 e. The van der Waals surface area contributed by atoms with Gasteiger partial charge in [0.05, 0.1) is 17.6 Å². The fourth-order valence-electron chi connectivity index (χ4n) is 1.70. The molecule has 1 unspecified atom stereocenters. The fourth-order valence-corrected chi connectivity index (χ4v) is 1.81. The van der Waals surface area contributed by atoms with Crippen LogP contribution < -0.4 is 10.1 Å². The molecular weight excluding hydrogens is 284 g/mol. The van der Waals surface area contributed by atoms with E-state index < -0.39 is 10.8 Å². The van der Waals surface area contributed by atoms with Crippen molar-refractivity contribution in [2.75, 3.05) is 13.7 Å². The van der Waals surface area contributed by atoms with Gasteiger partial charge in [0.2, 0.25) is 5.75 Å². The van der Waals surface area contributed by atoms with Gasteiger partial charge in [0.1, 0.15) is 0 Å². The van der Waals surface area contributed by atoms with Crippen molar-refractivity contribution in [3.8, 4) is 5.75 Å². The SMILES string of the molecule is CCC(Cl)CCNC(=O)c1cccc([N+](=O)[O-])c1OC. The van der Waals surface area contributed by atoms with Crippen LogP contribution in [0.5, 0.6) is 5.75 Å². The van der Waals surface area contributed by atoms with Gasteiger partial charge in [-0.3, -0.25) is 14.9 Å². The summed E-state index contributed by atoms with van der Waals surface area (Å²) in [4.78, 5) is 22.3. The number of hydrogen-bond acceptors (Lipinski definition) is 4. The molecule has 1 aromatic carbocycles. The van der Waals surface area contributed by atoms with Crippen molar-refractivity contribution in [3.63, 3.8) is 0 Å². The van der Waals surface area contributed by atoms with E-state index in [4.69, 9.17) is 16.3 Å². The van der Waals surface area contributed by atoms with E-state index in [1.165, 1.54) is 25.3 Å². The molecule has 0 aliphatic rings. The van der Waals surface area contributed by atoms with Crippen molar-refractivity contribution in [2.45, 2.75) is 25.1 Å². The molecule has 0 saturated heterocycles. The summed E-state index contributed by atoms with van der Waals surface area (Å²) in [5, 5.41) is 13.6. The number of amides is 1. The van der Waals surface area contributed by atoms with Crippen LogP contribution in [0.1, 0.15) is 30.1 Å². The van der Waals surface area contributed by atoms with Gasteiger partial charge in [-0.25, -0.2) is 0 Å². The third-order valence-corrected chi connectivity index (χ3v) is 3.35. The number of rotatable bonds is 7. The second kappa shape index (κ2) is 7.69. The van der Waals surface area contributed by atoms with E-state index in [0.717, 1.165) is 6.42 Å². The Kier molecular flexibility index (Phi) is 6.24. The zero-order valence-electron chi connectivity index (χ0n) is 11.4. The Hall–Kier alpha value is -1.82. The minimum absolute atomic E-state index is 0.00213. The molecule has 0 aliphatic carbocycles. The standard InChI is InChI=1S/C13H17ClN2O4/c1-3-9(14)7-8-15-13(17)10-5-4-6-11(16(18)19)12(10)20-2/h4-6,9H,3,7-8H2,1-2H3,(H,15,17). The number of nitrogens with zero attached hydrogens (tertiary/aromatic N) is 1. The fraction of sp³-hybridized carbons (Fsp3) is 0.462. The minimum Gasteiger partial charge on any atom is -0.490 e. The summed E-state index contributed by atoms with van der Waals surface area (Å²) in [6.45, 7) is 2.37. The van der Waals surface area contributed by atoms with E-state index in [1.807, 2.05) is 6.92 Å². The molecule has 6 nitrogen and oxygen atoms in total. The van der Waals surface area contributed by atoms with E-state index >= 15 is 0 Å². The summed E-state index contributed by atoms with van der Waals surface area (Å²) >= 11 is 5.95. The van der Waals surface area contributed by atoms with E-state index in [2.05, 4.69) is 5.32 Å². The third-order valence-electron chi connectivity index (χ3n) is 2.83. The lowest BCUT2D eigenvalue weighted by Crippen LogP contribution is -2.26. The maximum atomic E-state index is 12.0. The Bertz CT molecular complexity index is 493. The number of alkyl halides is 1. The topological polar surface area (TPSA) is 81.5 Å². The highest BCUT2D eigenvalue weighted by atomic mass is 35.5. The summed E-state index contributed by atoms with van der Waals surface area (Å²) in [5.41, 5.74) is -0.0896. The summed E-state index contributed by atoms with van der Waals surface area (Å²) in [5.74, 6) is -0.446. The van der Waals surface area contributed by atoms with Gasteiger partial charge in [-0.1, -0.05) is 13.0 Å². The second-order valence-corrected chi connectivity index (χ2v) is 4.78. The van der Waals surface area contributed by atoms with Crippen LogP contribution in [-0.4, -0.2) is 29.9 Å². The maximum Gasteiger partial charge on any atom is 0.311 e. The predicted molar refractivity (Wildman–Crippen MR) is 76.5 cm³/mol. The number of nitro benzene ring substituents is 1. The average Bonchev–Trinajstić information content (AvgIpc) is 2.45. The monoisotopic (exact) mass is 300 g/mol. The van der Waals surface area contributed by atoms with E-state index in [0.29, 0.717) is 13.0 Å². The van der Waals surface area contributed by atoms with Crippen LogP contribution in [0.4, 0.5) is 5.69 Å². The first-order valence-electron chi connectivity index (χ1n) is 6.24. The lowest BCUT2D eigenvalue weighted by molar-refractivity contribution is -0.385. The van der Waals surface area contributed by atoms with E-state index in [9.17, 15) is 14.9 Å². The molecule has 0 spiro atoms. The number of benzene rings is 1. The first-order chi connectivity index (χ1) is 9.51. The van der Waals surface area contributed by atoms with Crippen molar-refractivity contribution in [2.24, 2.45) is 0 Å². The van der Waals surface area contributed by atoms with Crippen molar-refractivity contribution < 1.29 is 14.5 Å². The van der Waals surface area contributed by atoms with E-state index in [1.54, 1.807) is 0 Å². The van der Waals surface area contributed by atoms with Crippen LogP contribution in [0, 0.1) is 10.1 Å². The molecule has 110 valence electrons. The van der Waals surface area contributed by atoms with Gasteiger partial charge in [-0.15, -0.1) is 11.6 Å². The molecule has 0 saturated carbocycles. The van der Waals surface area contributed by atoms with Crippen molar-refractivity contribution in [3.05, 3.63) is 33.9 Å². The normalized spacial score (nSPS) is 11.8. The van der Waals surface area contributed by atoms with Crippen molar-refractivity contribution in [1.82, 2.24) is 5.32 Å². The van der Waals surface area contributed by atoms with Gasteiger partial charge in [0.15, 0.2) is 0 Å². The van der Waals surface area contributed by atoms with Gasteiger partial charge in [-0.2, -0.15) is 0 Å². The van der Waals surface area contributed by atoms with Crippen LogP contribution in [-0.2, 0) is 0 Å². The van der Waals surface area contributed by atoms with Crippen molar-refractivity contribution >= 4 is 23.2 Å². The number of nitrogens with one attached hydrogen (secondary N) is 1. The van der Waals surface area contributed by atoms with Crippen LogP contribution >= 0.6 is 11.6 Å². The number of carbonyl (C=O) groups excluding carboxylic acids is 1. The highest BCUT2D eigenvalue weighted by Crippen LogP contribution is 2.30. The van der Waals surface area contributed by atoms with Gasteiger partial charge in [0.25, 0.3) is 5.91 Å². The molecule has 0 radical (unpaired) electrons. The van der Waals surface area contributed by atoms with Crippen LogP contribution in [0.2, 0.25) is 0 Å². The van der Waals surface area contributed by atoms with Crippen molar-refractivity contribution in [1.29, 1.82) is 0 Å². The molecule has 1 N–H and O–H groups in total. The molecule has 0 aromatic heterocycles. The number of hydrogen-bond donors (Lipinski definition) is 1. The van der Waals surface area contributed by atoms with Gasteiger partial charge >= 0.3 is 5.69 Å². The number of ether oxygens (including phenoxy) is 1. The van der Waals surface area contributed by atoms with Gasteiger partial charge in [-0.05, 0) is 18.9 Å². The second-order valence-electron chi connectivity index (χ2n) is 4.17. The van der Waals surface area contributed by atoms with Crippen LogP contribution in [0.15, 0.2) is 18.2 Å². The Morgan fingerprint density at radius 2 is 2.25 bits per heavy atom. The van der Waals surface area contributed by atoms with Crippen LogP contribution in [0.25, 0.3) is 0 Å². The number of nitro groups is 1. The first-order valence-corrected chi connectivity index (χ1v) is 6.68.